The van der Waals surface area contributed by atoms with Gasteiger partial charge in [0.05, 0.1) is 0 Å². The number of halogens is 2. The lowest BCUT2D eigenvalue weighted by Crippen LogP contribution is -2.54. The van der Waals surface area contributed by atoms with Gasteiger partial charge in [-0.25, -0.2) is 9.18 Å². The third-order valence-corrected chi connectivity index (χ3v) is 4.34. The van der Waals surface area contributed by atoms with Gasteiger partial charge in [-0.1, -0.05) is 26.0 Å². The van der Waals surface area contributed by atoms with E-state index in [9.17, 15) is 14.0 Å². The Kier molecular flexibility index (Phi) is 8.81. The van der Waals surface area contributed by atoms with Crippen LogP contribution in [0.25, 0.3) is 0 Å². The minimum atomic E-state index is -0.639. The lowest BCUT2D eigenvalue weighted by atomic mass is 10.0. The highest BCUT2D eigenvalue weighted by molar-refractivity contribution is 5.87. The van der Waals surface area contributed by atoms with Crippen molar-refractivity contribution in [1.29, 1.82) is 0 Å². The van der Waals surface area contributed by atoms with Crippen molar-refractivity contribution >= 4 is 24.3 Å². The van der Waals surface area contributed by atoms with E-state index in [1.165, 1.54) is 12.1 Å². The summed E-state index contributed by atoms with van der Waals surface area (Å²) in [4.78, 5) is 24.4. The molecule has 2 rings (SSSR count). The molecule has 146 valence electrons. The minimum absolute atomic E-state index is 0. The zero-order valence-corrected chi connectivity index (χ0v) is 15.9. The number of carbonyl (C=O) groups excluding carboxylic acids is 2. The number of urea groups is 1. The Hall–Kier alpha value is -1.86. The van der Waals surface area contributed by atoms with Crippen LogP contribution in [0.1, 0.15) is 32.3 Å². The van der Waals surface area contributed by atoms with Crippen molar-refractivity contribution in [2.24, 2.45) is 17.6 Å². The first-order valence-electron chi connectivity index (χ1n) is 8.69. The second kappa shape index (κ2) is 10.3. The molecular weight excluding hydrogens is 359 g/mol. The Morgan fingerprint density at radius 3 is 2.35 bits per heavy atom. The molecule has 0 spiro atoms. The fourth-order valence-electron chi connectivity index (χ4n) is 2.53. The minimum Gasteiger partial charge on any atom is -0.353 e. The molecule has 1 saturated carbocycles. The summed E-state index contributed by atoms with van der Waals surface area (Å²) in [5, 5.41) is 8.19. The van der Waals surface area contributed by atoms with Gasteiger partial charge in [-0.15, -0.1) is 12.4 Å². The smallest absolute Gasteiger partial charge is 0.315 e. The first kappa shape index (κ1) is 22.2. The monoisotopic (exact) mass is 386 g/mol. The SMILES string of the molecule is CC(C)C(NC(=O)NCc1ccc(F)cc1)C(=O)NCC(N)C1CC1.Cl. The van der Waals surface area contributed by atoms with Gasteiger partial charge in [-0.3, -0.25) is 4.79 Å². The van der Waals surface area contributed by atoms with Crippen molar-refractivity contribution in [2.75, 3.05) is 6.54 Å². The molecular formula is C18H28ClFN4O2. The molecule has 2 unspecified atom stereocenters. The number of nitrogens with one attached hydrogen (secondary N) is 3. The lowest BCUT2D eigenvalue weighted by Gasteiger charge is -2.23. The number of rotatable bonds is 8. The van der Waals surface area contributed by atoms with E-state index in [1.54, 1.807) is 12.1 Å². The van der Waals surface area contributed by atoms with Gasteiger partial charge in [0.2, 0.25) is 5.91 Å². The Balaban J connectivity index is 0.00000338. The van der Waals surface area contributed by atoms with Gasteiger partial charge in [-0.2, -0.15) is 0 Å². The molecule has 1 aliphatic rings. The quantitative estimate of drug-likeness (QED) is 0.549. The summed E-state index contributed by atoms with van der Waals surface area (Å²) in [5.41, 5.74) is 6.76. The van der Waals surface area contributed by atoms with Crippen LogP contribution in [0.3, 0.4) is 0 Å². The third-order valence-electron chi connectivity index (χ3n) is 4.34. The predicted molar refractivity (Wildman–Crippen MR) is 101 cm³/mol. The van der Waals surface area contributed by atoms with Crippen LogP contribution in [-0.2, 0) is 11.3 Å². The zero-order valence-electron chi connectivity index (χ0n) is 15.1. The summed E-state index contributed by atoms with van der Waals surface area (Å²) < 4.78 is 12.9. The van der Waals surface area contributed by atoms with Crippen LogP contribution in [0.4, 0.5) is 9.18 Å². The van der Waals surface area contributed by atoms with Crippen molar-refractivity contribution in [1.82, 2.24) is 16.0 Å². The Bertz CT molecular complexity index is 593. The second-order valence-electron chi connectivity index (χ2n) is 6.92. The normalized spacial score (nSPS) is 15.6. The van der Waals surface area contributed by atoms with E-state index in [0.29, 0.717) is 12.5 Å². The van der Waals surface area contributed by atoms with E-state index in [2.05, 4.69) is 16.0 Å². The molecule has 5 N–H and O–H groups in total. The molecule has 1 aliphatic carbocycles. The average molecular weight is 387 g/mol. The molecule has 6 nitrogen and oxygen atoms in total. The topological polar surface area (TPSA) is 96.2 Å². The van der Waals surface area contributed by atoms with Crippen LogP contribution in [0.15, 0.2) is 24.3 Å². The highest BCUT2D eigenvalue weighted by atomic mass is 35.5. The van der Waals surface area contributed by atoms with Crippen molar-refractivity contribution in [3.8, 4) is 0 Å². The maximum absolute atomic E-state index is 12.9. The average Bonchev–Trinajstić information content (AvgIpc) is 3.41. The predicted octanol–water partition coefficient (Wildman–Crippen LogP) is 1.92. The molecule has 8 heteroatoms. The number of benzene rings is 1. The van der Waals surface area contributed by atoms with Gasteiger partial charge in [0.15, 0.2) is 0 Å². The molecule has 26 heavy (non-hydrogen) atoms. The number of carbonyl (C=O) groups is 2. The summed E-state index contributed by atoms with van der Waals surface area (Å²) in [7, 11) is 0. The van der Waals surface area contributed by atoms with E-state index in [1.807, 2.05) is 13.8 Å². The Morgan fingerprint density at radius 2 is 1.81 bits per heavy atom. The van der Waals surface area contributed by atoms with Gasteiger partial charge < -0.3 is 21.7 Å². The van der Waals surface area contributed by atoms with Crippen molar-refractivity contribution < 1.29 is 14.0 Å². The number of amides is 3. The summed E-state index contributed by atoms with van der Waals surface area (Å²) in [6.45, 7) is 4.41. The standard InChI is InChI=1S/C18H27FN4O2.ClH/c1-11(2)16(17(24)21-10-15(20)13-5-6-13)23-18(25)22-9-12-3-7-14(19)8-4-12;/h3-4,7-8,11,13,15-16H,5-6,9-10,20H2,1-2H3,(H,21,24)(H2,22,23,25);1H. The van der Waals surface area contributed by atoms with Gasteiger partial charge in [-0.05, 0) is 42.4 Å². The first-order chi connectivity index (χ1) is 11.9. The molecule has 0 aromatic heterocycles. The maximum Gasteiger partial charge on any atom is 0.315 e. The molecule has 0 saturated heterocycles. The molecule has 0 bridgehead atoms. The number of hydrogen-bond acceptors (Lipinski definition) is 3. The van der Waals surface area contributed by atoms with Crippen molar-refractivity contribution in [3.05, 3.63) is 35.6 Å². The lowest BCUT2D eigenvalue weighted by molar-refractivity contribution is -0.123. The highest BCUT2D eigenvalue weighted by Gasteiger charge is 2.30. The molecule has 1 aromatic rings. The number of nitrogens with two attached hydrogens (primary N) is 1. The van der Waals surface area contributed by atoms with E-state index in [0.717, 1.165) is 18.4 Å². The van der Waals surface area contributed by atoms with E-state index in [-0.39, 0.29) is 42.6 Å². The molecule has 3 amide bonds. The second-order valence-corrected chi connectivity index (χ2v) is 6.92. The van der Waals surface area contributed by atoms with Gasteiger partial charge in [0, 0.05) is 19.1 Å². The van der Waals surface area contributed by atoms with Crippen LogP contribution in [0, 0.1) is 17.7 Å². The molecule has 1 fully saturated rings. The van der Waals surface area contributed by atoms with Crippen LogP contribution in [0.5, 0.6) is 0 Å². The molecule has 0 radical (unpaired) electrons. The van der Waals surface area contributed by atoms with Crippen molar-refractivity contribution in [2.45, 2.75) is 45.3 Å². The van der Waals surface area contributed by atoms with E-state index < -0.39 is 12.1 Å². The maximum atomic E-state index is 12.9. The third kappa shape index (κ3) is 7.17. The largest absolute Gasteiger partial charge is 0.353 e. The summed E-state index contributed by atoms with van der Waals surface area (Å²) in [5.74, 6) is -0.115. The summed E-state index contributed by atoms with van der Waals surface area (Å²) >= 11 is 0. The highest BCUT2D eigenvalue weighted by Crippen LogP contribution is 2.31. The molecule has 0 heterocycles. The fraction of sp³-hybridized carbons (Fsp3) is 0.556. The zero-order chi connectivity index (χ0) is 18.4. The van der Waals surface area contributed by atoms with E-state index >= 15 is 0 Å². The fourth-order valence-corrected chi connectivity index (χ4v) is 2.53. The van der Waals surface area contributed by atoms with Crippen molar-refractivity contribution in [3.63, 3.8) is 0 Å². The molecule has 1 aromatic carbocycles. The molecule has 0 aliphatic heterocycles. The Labute approximate surface area is 159 Å². The summed E-state index contributed by atoms with van der Waals surface area (Å²) in [6, 6.07) is 4.77. The van der Waals surface area contributed by atoms with Gasteiger partial charge in [0.1, 0.15) is 11.9 Å². The van der Waals surface area contributed by atoms with Gasteiger partial charge >= 0.3 is 6.03 Å². The van der Waals surface area contributed by atoms with Gasteiger partial charge in [0.25, 0.3) is 0 Å². The van der Waals surface area contributed by atoms with Crippen LogP contribution < -0.4 is 21.7 Å². The first-order valence-corrected chi connectivity index (χ1v) is 8.69. The van der Waals surface area contributed by atoms with E-state index in [4.69, 9.17) is 5.73 Å². The van der Waals surface area contributed by atoms with Crippen LogP contribution >= 0.6 is 12.4 Å². The van der Waals surface area contributed by atoms with Crippen LogP contribution in [-0.4, -0.2) is 30.6 Å². The number of hydrogen-bond donors (Lipinski definition) is 4. The summed E-state index contributed by atoms with van der Waals surface area (Å²) in [6.07, 6.45) is 2.24. The molecule has 2 atom stereocenters. The van der Waals surface area contributed by atoms with Crippen LogP contribution in [0.2, 0.25) is 0 Å². The Morgan fingerprint density at radius 1 is 1.19 bits per heavy atom.